The van der Waals surface area contributed by atoms with Gasteiger partial charge in [-0.1, -0.05) is 43.7 Å². The molecule has 1 rings (SSSR count). The number of guanidine groups is 1. The van der Waals surface area contributed by atoms with Gasteiger partial charge in [0.25, 0.3) is 0 Å². The number of nitrogens with zero attached hydrogens (tertiary/aromatic N) is 1. The van der Waals surface area contributed by atoms with Crippen LogP contribution in [0.5, 0.6) is 0 Å². The van der Waals surface area contributed by atoms with Gasteiger partial charge in [-0.3, -0.25) is 0 Å². The zero-order valence-corrected chi connectivity index (χ0v) is 12.8. The molecule has 0 spiro atoms. The smallest absolute Gasteiger partial charge is 0.191 e. The molecule has 0 aliphatic carbocycles. The van der Waals surface area contributed by atoms with Crippen LogP contribution in [0.3, 0.4) is 0 Å². The fraction of sp³-hybridized carbons (Fsp3) is 0.562. The van der Waals surface area contributed by atoms with Gasteiger partial charge in [-0.25, -0.2) is 4.99 Å². The molecule has 1 aromatic rings. The van der Waals surface area contributed by atoms with Gasteiger partial charge in [-0.15, -0.1) is 0 Å². The molecule has 106 valence electrons. The molecule has 0 saturated heterocycles. The maximum atomic E-state index is 4.64. The van der Waals surface area contributed by atoms with Crippen molar-refractivity contribution in [2.75, 3.05) is 6.54 Å². The molecule has 3 nitrogen and oxygen atoms in total. The number of hydrogen-bond donors (Lipinski definition) is 2. The summed E-state index contributed by atoms with van der Waals surface area (Å²) in [6, 6.07) is 8.90. The zero-order valence-electron chi connectivity index (χ0n) is 12.8. The Morgan fingerprint density at radius 3 is 2.58 bits per heavy atom. The fourth-order valence-electron chi connectivity index (χ4n) is 1.68. The van der Waals surface area contributed by atoms with Crippen LogP contribution in [0.15, 0.2) is 29.3 Å². The summed E-state index contributed by atoms with van der Waals surface area (Å²) in [5.74, 6) is 1.48. The Morgan fingerprint density at radius 1 is 1.26 bits per heavy atom. The molecule has 19 heavy (non-hydrogen) atoms. The molecular weight excluding hydrogens is 234 g/mol. The topological polar surface area (TPSA) is 36.4 Å². The zero-order chi connectivity index (χ0) is 14.3. The number of rotatable bonds is 5. The van der Waals surface area contributed by atoms with Gasteiger partial charge in [0.05, 0.1) is 6.54 Å². The van der Waals surface area contributed by atoms with Gasteiger partial charge in [0.1, 0.15) is 0 Å². The van der Waals surface area contributed by atoms with E-state index in [1.54, 1.807) is 0 Å². The van der Waals surface area contributed by atoms with Crippen LogP contribution in [-0.4, -0.2) is 18.5 Å². The van der Waals surface area contributed by atoms with Gasteiger partial charge in [-0.2, -0.15) is 0 Å². The van der Waals surface area contributed by atoms with Crippen molar-refractivity contribution in [3.05, 3.63) is 35.4 Å². The Labute approximate surface area is 117 Å². The average molecular weight is 261 g/mol. The number of benzene rings is 1. The quantitative estimate of drug-likeness (QED) is 0.631. The fourth-order valence-corrected chi connectivity index (χ4v) is 1.68. The lowest BCUT2D eigenvalue weighted by molar-refractivity contribution is 0.481. The van der Waals surface area contributed by atoms with Crippen LogP contribution in [0, 0.1) is 12.8 Å². The van der Waals surface area contributed by atoms with E-state index in [0.717, 1.165) is 12.5 Å². The molecule has 0 bridgehead atoms. The van der Waals surface area contributed by atoms with Crippen molar-refractivity contribution in [2.45, 2.75) is 47.2 Å². The highest BCUT2D eigenvalue weighted by atomic mass is 15.2. The second-order valence-electron chi connectivity index (χ2n) is 5.36. The molecule has 1 atom stereocenters. The van der Waals surface area contributed by atoms with Crippen molar-refractivity contribution in [1.29, 1.82) is 0 Å². The van der Waals surface area contributed by atoms with Crippen molar-refractivity contribution < 1.29 is 0 Å². The minimum atomic E-state index is 0.412. The molecule has 1 unspecified atom stereocenters. The van der Waals surface area contributed by atoms with E-state index in [1.165, 1.54) is 11.1 Å². The molecule has 0 heterocycles. The summed E-state index contributed by atoms with van der Waals surface area (Å²) in [7, 11) is 0. The van der Waals surface area contributed by atoms with Gasteiger partial charge >= 0.3 is 0 Å². The third-order valence-corrected chi connectivity index (χ3v) is 3.21. The Kier molecular flexibility index (Phi) is 6.40. The average Bonchev–Trinajstić information content (AvgIpc) is 2.36. The van der Waals surface area contributed by atoms with E-state index in [0.29, 0.717) is 18.5 Å². The largest absolute Gasteiger partial charge is 0.357 e. The summed E-state index contributed by atoms with van der Waals surface area (Å²) in [4.78, 5) is 4.64. The number of aliphatic imine (C=N–C) groups is 1. The Morgan fingerprint density at radius 2 is 2.00 bits per heavy atom. The monoisotopic (exact) mass is 261 g/mol. The Hall–Kier alpha value is -1.51. The highest BCUT2D eigenvalue weighted by Gasteiger charge is 2.08. The second-order valence-corrected chi connectivity index (χ2v) is 5.36. The van der Waals surface area contributed by atoms with Gasteiger partial charge in [0.2, 0.25) is 0 Å². The third kappa shape index (κ3) is 5.77. The minimum absolute atomic E-state index is 0.412. The van der Waals surface area contributed by atoms with Crippen LogP contribution in [-0.2, 0) is 6.54 Å². The van der Waals surface area contributed by atoms with Gasteiger partial charge in [-0.05, 0) is 32.3 Å². The van der Waals surface area contributed by atoms with Crippen LogP contribution in [0.1, 0.15) is 38.8 Å². The molecule has 0 aliphatic heterocycles. The van der Waals surface area contributed by atoms with E-state index in [2.05, 4.69) is 74.5 Å². The summed E-state index contributed by atoms with van der Waals surface area (Å²) >= 11 is 0. The molecule has 0 radical (unpaired) electrons. The molecule has 0 amide bonds. The SMILES string of the molecule is CCNC(=NCc1cccc(C)c1)NC(C)C(C)C. The number of nitrogens with one attached hydrogen (secondary N) is 2. The van der Waals surface area contributed by atoms with E-state index < -0.39 is 0 Å². The van der Waals surface area contributed by atoms with Gasteiger partial charge in [0, 0.05) is 12.6 Å². The standard InChI is InChI=1S/C16H27N3/c1-6-17-16(19-14(5)12(2)3)18-11-15-9-7-8-13(4)10-15/h7-10,12,14H,6,11H2,1-5H3,(H2,17,18,19). The minimum Gasteiger partial charge on any atom is -0.357 e. The summed E-state index contributed by atoms with van der Waals surface area (Å²) < 4.78 is 0. The van der Waals surface area contributed by atoms with Crippen molar-refractivity contribution in [3.63, 3.8) is 0 Å². The predicted molar refractivity (Wildman–Crippen MR) is 83.4 cm³/mol. The Bertz CT molecular complexity index is 410. The van der Waals surface area contributed by atoms with Crippen molar-refractivity contribution in [3.8, 4) is 0 Å². The second kappa shape index (κ2) is 7.82. The first-order valence-electron chi connectivity index (χ1n) is 7.13. The normalized spacial score (nSPS) is 13.5. The maximum absolute atomic E-state index is 4.64. The third-order valence-electron chi connectivity index (χ3n) is 3.21. The molecule has 0 aromatic heterocycles. The first-order valence-corrected chi connectivity index (χ1v) is 7.13. The predicted octanol–water partition coefficient (Wildman–Crippen LogP) is 3.09. The first kappa shape index (κ1) is 15.5. The molecule has 3 heteroatoms. The van der Waals surface area contributed by atoms with Crippen LogP contribution in [0.25, 0.3) is 0 Å². The summed E-state index contributed by atoms with van der Waals surface area (Å²) in [5.41, 5.74) is 2.52. The van der Waals surface area contributed by atoms with E-state index in [-0.39, 0.29) is 0 Å². The van der Waals surface area contributed by atoms with Crippen LogP contribution in [0.2, 0.25) is 0 Å². The van der Waals surface area contributed by atoms with Crippen molar-refractivity contribution in [2.24, 2.45) is 10.9 Å². The molecule has 0 saturated carbocycles. The van der Waals surface area contributed by atoms with Crippen LogP contribution < -0.4 is 10.6 Å². The van der Waals surface area contributed by atoms with Crippen molar-refractivity contribution >= 4 is 5.96 Å². The molecule has 0 aliphatic rings. The highest BCUT2D eigenvalue weighted by molar-refractivity contribution is 5.80. The maximum Gasteiger partial charge on any atom is 0.191 e. The van der Waals surface area contributed by atoms with E-state index in [9.17, 15) is 0 Å². The van der Waals surface area contributed by atoms with E-state index in [1.807, 2.05) is 0 Å². The van der Waals surface area contributed by atoms with Crippen molar-refractivity contribution in [1.82, 2.24) is 10.6 Å². The van der Waals surface area contributed by atoms with E-state index >= 15 is 0 Å². The first-order chi connectivity index (χ1) is 9.02. The highest BCUT2D eigenvalue weighted by Crippen LogP contribution is 2.05. The summed E-state index contributed by atoms with van der Waals surface area (Å²) in [6.07, 6.45) is 0. The van der Waals surface area contributed by atoms with Gasteiger partial charge < -0.3 is 10.6 Å². The van der Waals surface area contributed by atoms with E-state index in [4.69, 9.17) is 0 Å². The Balaban J connectivity index is 2.67. The number of aryl methyl sites for hydroxylation is 1. The van der Waals surface area contributed by atoms with Crippen LogP contribution in [0.4, 0.5) is 0 Å². The lowest BCUT2D eigenvalue weighted by Crippen LogP contribution is -2.44. The molecule has 0 fully saturated rings. The summed E-state index contributed by atoms with van der Waals surface area (Å²) in [6.45, 7) is 12.4. The van der Waals surface area contributed by atoms with Crippen LogP contribution >= 0.6 is 0 Å². The molecule has 2 N–H and O–H groups in total. The molecular formula is C16H27N3. The van der Waals surface area contributed by atoms with Gasteiger partial charge in [0.15, 0.2) is 5.96 Å². The number of hydrogen-bond acceptors (Lipinski definition) is 1. The lowest BCUT2D eigenvalue weighted by Gasteiger charge is -2.20. The lowest BCUT2D eigenvalue weighted by atomic mass is 10.1. The summed E-state index contributed by atoms with van der Waals surface area (Å²) in [5, 5.41) is 6.73. The molecule has 1 aromatic carbocycles.